The molecule has 2 N–H and O–H groups in total. The van der Waals surface area contributed by atoms with Crippen LogP contribution >= 0.6 is 0 Å². The van der Waals surface area contributed by atoms with Crippen molar-refractivity contribution in [3.8, 4) is 11.1 Å². The third kappa shape index (κ3) is 4.14. The highest BCUT2D eigenvalue weighted by molar-refractivity contribution is 5.79. The minimum absolute atomic E-state index is 0.0390. The number of rotatable bonds is 7. The molecule has 1 amide bonds. The van der Waals surface area contributed by atoms with Crippen molar-refractivity contribution in [3.63, 3.8) is 0 Å². The highest BCUT2D eigenvalue weighted by atomic mass is 16.7. The fraction of sp³-hybridized carbons (Fsp3) is 0.300. The summed E-state index contributed by atoms with van der Waals surface area (Å²) in [6.45, 7) is 0.823. The van der Waals surface area contributed by atoms with Gasteiger partial charge in [0.1, 0.15) is 6.61 Å². The molecule has 0 atom stereocenters. The van der Waals surface area contributed by atoms with E-state index in [4.69, 9.17) is 9.84 Å². The molecule has 1 aliphatic rings. The third-order valence-electron chi connectivity index (χ3n) is 4.41. The van der Waals surface area contributed by atoms with Crippen molar-refractivity contribution < 1.29 is 24.2 Å². The number of carbonyl (C=O) groups excluding carboxylic acids is 1. The molecule has 1 aliphatic carbocycles. The molecule has 0 bridgehead atoms. The maximum atomic E-state index is 11.9. The van der Waals surface area contributed by atoms with Crippen LogP contribution in [0.4, 0.5) is 9.59 Å². The summed E-state index contributed by atoms with van der Waals surface area (Å²) in [6.07, 6.45) is -0.575. The average molecular weight is 355 g/mol. The van der Waals surface area contributed by atoms with Crippen LogP contribution in [0.5, 0.6) is 0 Å². The highest BCUT2D eigenvalue weighted by Gasteiger charge is 2.28. The summed E-state index contributed by atoms with van der Waals surface area (Å²) >= 11 is 0. The summed E-state index contributed by atoms with van der Waals surface area (Å²) in [5.41, 5.74) is 4.73. The van der Waals surface area contributed by atoms with E-state index in [1.807, 2.05) is 24.3 Å². The van der Waals surface area contributed by atoms with Crippen LogP contribution in [0.1, 0.15) is 29.9 Å². The number of alkyl carbamates (subject to hydrolysis) is 1. The molecule has 2 aromatic carbocycles. The molecule has 0 spiro atoms. The maximum Gasteiger partial charge on any atom is 0.505 e. The molecule has 0 aromatic heterocycles. The molecule has 26 heavy (non-hydrogen) atoms. The fourth-order valence-electron chi connectivity index (χ4n) is 3.23. The molecule has 136 valence electrons. The van der Waals surface area contributed by atoms with Crippen LogP contribution in [0.25, 0.3) is 11.1 Å². The van der Waals surface area contributed by atoms with Crippen LogP contribution in [-0.4, -0.2) is 37.1 Å². The molecule has 0 saturated carbocycles. The Balaban J connectivity index is 1.49. The van der Waals surface area contributed by atoms with E-state index in [0.717, 1.165) is 0 Å². The number of benzene rings is 2. The van der Waals surface area contributed by atoms with Crippen LogP contribution in [0.15, 0.2) is 48.5 Å². The summed E-state index contributed by atoms with van der Waals surface area (Å²) in [5.74, 6) is 0.0390. The van der Waals surface area contributed by atoms with Crippen molar-refractivity contribution >= 4 is 12.2 Å². The third-order valence-corrected chi connectivity index (χ3v) is 4.41. The Bertz CT molecular complexity index is 744. The molecule has 0 fully saturated rings. The number of hydrogen-bond donors (Lipinski definition) is 2. The van der Waals surface area contributed by atoms with Crippen molar-refractivity contribution in [2.75, 3.05) is 19.8 Å². The van der Waals surface area contributed by atoms with Crippen LogP contribution in [0.2, 0.25) is 0 Å². The van der Waals surface area contributed by atoms with E-state index in [1.54, 1.807) is 0 Å². The van der Waals surface area contributed by atoms with Crippen molar-refractivity contribution in [1.29, 1.82) is 0 Å². The molecule has 2 aromatic rings. The Morgan fingerprint density at radius 2 is 1.54 bits per heavy atom. The first-order chi connectivity index (χ1) is 12.7. The minimum Gasteiger partial charge on any atom is -0.450 e. The minimum atomic E-state index is -1.28. The molecule has 6 nitrogen and oxygen atoms in total. The van der Waals surface area contributed by atoms with E-state index in [1.165, 1.54) is 22.3 Å². The Labute approximate surface area is 151 Å². The molecular weight excluding hydrogens is 334 g/mol. The second kappa shape index (κ2) is 8.38. The Hall–Kier alpha value is -3.02. The van der Waals surface area contributed by atoms with E-state index in [2.05, 4.69) is 34.3 Å². The van der Waals surface area contributed by atoms with E-state index in [9.17, 15) is 9.59 Å². The quantitative estimate of drug-likeness (QED) is 0.579. The number of unbranched alkanes of at least 4 members (excludes halogenated alkanes) is 1. The zero-order valence-corrected chi connectivity index (χ0v) is 14.3. The normalized spacial score (nSPS) is 12.2. The van der Waals surface area contributed by atoms with Gasteiger partial charge < -0.3 is 19.9 Å². The van der Waals surface area contributed by atoms with Gasteiger partial charge in [-0.3, -0.25) is 0 Å². The molecular formula is C20H21NO5. The first-order valence-corrected chi connectivity index (χ1v) is 8.61. The first-order valence-electron chi connectivity index (χ1n) is 8.61. The van der Waals surface area contributed by atoms with Crippen molar-refractivity contribution in [1.82, 2.24) is 5.32 Å². The summed E-state index contributed by atoms with van der Waals surface area (Å²) in [7, 11) is 0. The molecule has 0 radical (unpaired) electrons. The molecule has 6 heteroatoms. The number of nitrogens with one attached hydrogen (secondary N) is 1. The lowest BCUT2D eigenvalue weighted by atomic mass is 9.98. The number of carboxylic acid groups (broad SMARTS) is 1. The van der Waals surface area contributed by atoms with Gasteiger partial charge in [0.25, 0.3) is 0 Å². The molecule has 3 rings (SSSR count). The first kappa shape index (κ1) is 17.8. The van der Waals surface area contributed by atoms with Gasteiger partial charge in [0.05, 0.1) is 6.61 Å². The van der Waals surface area contributed by atoms with Crippen molar-refractivity contribution in [2.24, 2.45) is 0 Å². The van der Waals surface area contributed by atoms with Gasteiger partial charge in [-0.15, -0.1) is 0 Å². The summed E-state index contributed by atoms with van der Waals surface area (Å²) in [4.78, 5) is 22.1. The number of fused-ring (bicyclic) bond motifs is 3. The molecule has 0 saturated heterocycles. The second-order valence-electron chi connectivity index (χ2n) is 6.07. The Morgan fingerprint density at radius 1 is 0.923 bits per heavy atom. The van der Waals surface area contributed by atoms with E-state index in [0.29, 0.717) is 19.4 Å². The lowest BCUT2D eigenvalue weighted by molar-refractivity contribution is 0.0898. The van der Waals surface area contributed by atoms with Gasteiger partial charge in [-0.05, 0) is 35.1 Å². The lowest BCUT2D eigenvalue weighted by Gasteiger charge is -2.14. The van der Waals surface area contributed by atoms with Gasteiger partial charge in [0.15, 0.2) is 0 Å². The Kier molecular flexibility index (Phi) is 5.73. The second-order valence-corrected chi connectivity index (χ2v) is 6.07. The zero-order valence-electron chi connectivity index (χ0n) is 14.3. The molecule has 0 unspecified atom stereocenters. The molecule has 0 aliphatic heterocycles. The monoisotopic (exact) mass is 355 g/mol. The largest absolute Gasteiger partial charge is 0.505 e. The van der Waals surface area contributed by atoms with Gasteiger partial charge in [0.2, 0.25) is 0 Å². The standard InChI is InChI=1S/C20H21NO5/c22-19(21-11-5-6-12-25-20(23)24)26-13-18-16-9-3-1-7-14(16)15-8-2-4-10-17(15)18/h1-4,7-10,18H,5-6,11-13H2,(H,21,22)(H,23,24). The van der Waals surface area contributed by atoms with Crippen LogP contribution in [0.3, 0.4) is 0 Å². The zero-order chi connectivity index (χ0) is 18.4. The van der Waals surface area contributed by atoms with Crippen LogP contribution < -0.4 is 5.32 Å². The lowest BCUT2D eigenvalue weighted by Crippen LogP contribution is -2.27. The van der Waals surface area contributed by atoms with E-state index < -0.39 is 12.2 Å². The van der Waals surface area contributed by atoms with Gasteiger partial charge in [-0.25, -0.2) is 9.59 Å². The van der Waals surface area contributed by atoms with Crippen molar-refractivity contribution in [3.05, 3.63) is 59.7 Å². The predicted molar refractivity (Wildman–Crippen MR) is 96.3 cm³/mol. The smallest absolute Gasteiger partial charge is 0.450 e. The summed E-state index contributed by atoms with van der Waals surface area (Å²) in [6, 6.07) is 16.3. The number of ether oxygens (including phenoxy) is 2. The van der Waals surface area contributed by atoms with Crippen LogP contribution in [0, 0.1) is 0 Å². The summed E-state index contributed by atoms with van der Waals surface area (Å²) < 4.78 is 9.81. The highest BCUT2D eigenvalue weighted by Crippen LogP contribution is 2.44. The van der Waals surface area contributed by atoms with Gasteiger partial charge in [-0.2, -0.15) is 0 Å². The SMILES string of the molecule is O=C(O)OCCCCNC(=O)OCC1c2ccccc2-c2ccccc21. The average Bonchev–Trinajstić information content (AvgIpc) is 2.96. The molecule has 0 heterocycles. The van der Waals surface area contributed by atoms with E-state index in [-0.39, 0.29) is 19.1 Å². The van der Waals surface area contributed by atoms with E-state index >= 15 is 0 Å². The van der Waals surface area contributed by atoms with Gasteiger partial charge in [0, 0.05) is 12.5 Å². The summed E-state index contributed by atoms with van der Waals surface area (Å²) in [5, 5.41) is 11.0. The van der Waals surface area contributed by atoms with Crippen LogP contribution in [-0.2, 0) is 9.47 Å². The number of amides is 1. The maximum absolute atomic E-state index is 11.9. The topological polar surface area (TPSA) is 84.9 Å². The van der Waals surface area contributed by atoms with Gasteiger partial charge >= 0.3 is 12.2 Å². The number of carbonyl (C=O) groups is 2. The van der Waals surface area contributed by atoms with Gasteiger partial charge in [-0.1, -0.05) is 48.5 Å². The number of hydrogen-bond acceptors (Lipinski definition) is 4. The predicted octanol–water partition coefficient (Wildman–Crippen LogP) is 4.00. The fourth-order valence-corrected chi connectivity index (χ4v) is 3.23. The Morgan fingerprint density at radius 3 is 2.15 bits per heavy atom. The van der Waals surface area contributed by atoms with Crippen molar-refractivity contribution in [2.45, 2.75) is 18.8 Å².